The van der Waals surface area contributed by atoms with Crippen molar-refractivity contribution in [3.8, 4) is 0 Å². The fourth-order valence-corrected chi connectivity index (χ4v) is 2.25. The van der Waals surface area contributed by atoms with Gasteiger partial charge < -0.3 is 11.1 Å². The Hall–Kier alpha value is -0.570. The summed E-state index contributed by atoms with van der Waals surface area (Å²) < 4.78 is 0. The molecule has 0 aromatic heterocycles. The van der Waals surface area contributed by atoms with E-state index < -0.39 is 0 Å². The van der Waals surface area contributed by atoms with Crippen molar-refractivity contribution < 1.29 is 4.79 Å². The summed E-state index contributed by atoms with van der Waals surface area (Å²) in [5.41, 5.74) is 5.93. The third-order valence-electron chi connectivity index (χ3n) is 2.73. The molecule has 1 atom stereocenters. The molecule has 0 saturated heterocycles. The van der Waals surface area contributed by atoms with Crippen molar-refractivity contribution >= 4 is 5.91 Å². The van der Waals surface area contributed by atoms with Crippen LogP contribution in [0.25, 0.3) is 0 Å². The first kappa shape index (κ1) is 16.4. The van der Waals surface area contributed by atoms with Crippen molar-refractivity contribution in [3.05, 3.63) is 0 Å². The molecule has 0 bridgehead atoms. The summed E-state index contributed by atoms with van der Waals surface area (Å²) in [5, 5.41) is 3.08. The molecule has 3 N–H and O–H groups in total. The monoisotopic (exact) mass is 242 g/mol. The van der Waals surface area contributed by atoms with Crippen molar-refractivity contribution in [1.29, 1.82) is 0 Å². The van der Waals surface area contributed by atoms with Crippen LogP contribution in [0.3, 0.4) is 0 Å². The molecule has 3 nitrogen and oxygen atoms in total. The largest absolute Gasteiger partial charge is 0.351 e. The van der Waals surface area contributed by atoms with Crippen molar-refractivity contribution in [2.75, 3.05) is 0 Å². The second-order valence-corrected chi connectivity index (χ2v) is 7.28. The third-order valence-corrected chi connectivity index (χ3v) is 2.73. The fourth-order valence-electron chi connectivity index (χ4n) is 2.25. The Morgan fingerprint density at radius 3 is 2.00 bits per heavy atom. The minimum absolute atomic E-state index is 0.0552. The maximum Gasteiger partial charge on any atom is 0.221 e. The van der Waals surface area contributed by atoms with Crippen LogP contribution < -0.4 is 11.1 Å². The van der Waals surface area contributed by atoms with Gasteiger partial charge in [-0.15, -0.1) is 0 Å². The predicted octanol–water partition coefficient (Wildman–Crippen LogP) is 2.69. The second kappa shape index (κ2) is 5.85. The summed E-state index contributed by atoms with van der Waals surface area (Å²) in [6, 6.07) is -0.0552. The number of carbonyl (C=O) groups excluding carboxylic acids is 1. The SMILES string of the molecule is CC(C)C(N)CC(=O)NC(C)(C)CC(C)(C)C. The maximum absolute atomic E-state index is 11.9. The van der Waals surface area contributed by atoms with Gasteiger partial charge in [0.25, 0.3) is 0 Å². The lowest BCUT2D eigenvalue weighted by molar-refractivity contribution is -0.123. The summed E-state index contributed by atoms with van der Waals surface area (Å²) in [6.07, 6.45) is 1.36. The van der Waals surface area contributed by atoms with Crippen LogP contribution in [0, 0.1) is 11.3 Å². The molecule has 0 heterocycles. The van der Waals surface area contributed by atoms with Crippen LogP contribution >= 0.6 is 0 Å². The number of hydrogen-bond acceptors (Lipinski definition) is 2. The minimum atomic E-state index is -0.175. The quantitative estimate of drug-likeness (QED) is 0.779. The van der Waals surface area contributed by atoms with Gasteiger partial charge in [0.05, 0.1) is 0 Å². The number of carbonyl (C=O) groups is 1. The van der Waals surface area contributed by atoms with E-state index in [2.05, 4.69) is 39.9 Å². The van der Waals surface area contributed by atoms with Crippen LogP contribution in [-0.4, -0.2) is 17.5 Å². The van der Waals surface area contributed by atoms with E-state index in [0.717, 1.165) is 6.42 Å². The molecule has 0 radical (unpaired) electrons. The second-order valence-electron chi connectivity index (χ2n) is 7.28. The molecule has 0 aliphatic rings. The van der Waals surface area contributed by atoms with Crippen LogP contribution in [0.2, 0.25) is 0 Å². The van der Waals surface area contributed by atoms with Crippen LogP contribution in [0.4, 0.5) is 0 Å². The van der Waals surface area contributed by atoms with Gasteiger partial charge in [-0.25, -0.2) is 0 Å². The van der Waals surface area contributed by atoms with Gasteiger partial charge in [-0.05, 0) is 31.6 Å². The number of rotatable bonds is 5. The molecule has 0 fully saturated rings. The van der Waals surface area contributed by atoms with Gasteiger partial charge in [-0.1, -0.05) is 34.6 Å². The Kier molecular flexibility index (Phi) is 5.66. The third kappa shape index (κ3) is 8.19. The van der Waals surface area contributed by atoms with Gasteiger partial charge in [0.2, 0.25) is 5.91 Å². The van der Waals surface area contributed by atoms with Crippen LogP contribution in [0.5, 0.6) is 0 Å². The Bertz CT molecular complexity index is 251. The van der Waals surface area contributed by atoms with E-state index in [4.69, 9.17) is 5.73 Å². The minimum Gasteiger partial charge on any atom is -0.351 e. The first-order chi connectivity index (χ1) is 7.43. The summed E-state index contributed by atoms with van der Waals surface area (Å²) >= 11 is 0. The molecule has 3 heteroatoms. The molecule has 0 aromatic carbocycles. The van der Waals surface area contributed by atoms with Crippen molar-refractivity contribution in [3.63, 3.8) is 0 Å². The van der Waals surface area contributed by atoms with E-state index in [1.54, 1.807) is 0 Å². The molecule has 0 rings (SSSR count). The molecule has 0 aliphatic carbocycles. The molecule has 0 saturated carbocycles. The maximum atomic E-state index is 11.9. The van der Waals surface area contributed by atoms with E-state index in [0.29, 0.717) is 12.3 Å². The molecule has 17 heavy (non-hydrogen) atoms. The number of nitrogens with two attached hydrogens (primary N) is 1. The Balaban J connectivity index is 4.28. The standard InChI is InChI=1S/C14H30N2O/c1-10(2)11(15)8-12(17)16-14(6,7)9-13(3,4)5/h10-11H,8-9,15H2,1-7H3,(H,16,17). The Morgan fingerprint density at radius 2 is 1.65 bits per heavy atom. The van der Waals surface area contributed by atoms with Crippen molar-refractivity contribution in [1.82, 2.24) is 5.32 Å². The number of nitrogens with one attached hydrogen (secondary N) is 1. The highest BCUT2D eigenvalue weighted by atomic mass is 16.1. The van der Waals surface area contributed by atoms with Gasteiger partial charge in [-0.2, -0.15) is 0 Å². The molecule has 1 amide bonds. The van der Waals surface area contributed by atoms with Crippen molar-refractivity contribution in [2.45, 2.75) is 72.9 Å². The molecule has 1 unspecified atom stereocenters. The van der Waals surface area contributed by atoms with Gasteiger partial charge in [0.1, 0.15) is 0 Å². The normalized spacial score (nSPS) is 14.9. The highest BCUT2D eigenvalue weighted by Crippen LogP contribution is 2.26. The number of hydrogen-bond donors (Lipinski definition) is 2. The van der Waals surface area contributed by atoms with E-state index in [9.17, 15) is 4.79 Å². The lowest BCUT2D eigenvalue weighted by atomic mass is 9.81. The molecular weight excluding hydrogens is 212 g/mol. The average molecular weight is 242 g/mol. The van der Waals surface area contributed by atoms with E-state index in [1.165, 1.54) is 0 Å². The Morgan fingerprint density at radius 1 is 1.18 bits per heavy atom. The zero-order chi connectivity index (χ0) is 13.9. The van der Waals surface area contributed by atoms with Gasteiger partial charge in [0.15, 0.2) is 0 Å². The van der Waals surface area contributed by atoms with Crippen molar-refractivity contribution in [2.24, 2.45) is 17.1 Å². The average Bonchev–Trinajstić information content (AvgIpc) is 1.96. The lowest BCUT2D eigenvalue weighted by Crippen LogP contribution is -2.47. The lowest BCUT2D eigenvalue weighted by Gasteiger charge is -2.33. The molecule has 0 aromatic rings. The summed E-state index contributed by atoms with van der Waals surface area (Å²) in [4.78, 5) is 11.9. The Labute approximate surface area is 107 Å². The first-order valence-corrected chi connectivity index (χ1v) is 6.49. The van der Waals surface area contributed by atoms with Gasteiger partial charge >= 0.3 is 0 Å². The topological polar surface area (TPSA) is 55.1 Å². The first-order valence-electron chi connectivity index (χ1n) is 6.49. The highest BCUT2D eigenvalue weighted by molar-refractivity contribution is 5.77. The molecule has 0 spiro atoms. The highest BCUT2D eigenvalue weighted by Gasteiger charge is 2.27. The predicted molar refractivity (Wildman–Crippen MR) is 73.7 cm³/mol. The fraction of sp³-hybridized carbons (Fsp3) is 0.929. The van der Waals surface area contributed by atoms with Crippen LogP contribution in [0.15, 0.2) is 0 Å². The molecular formula is C14H30N2O. The van der Waals surface area contributed by atoms with Crippen LogP contribution in [0.1, 0.15) is 61.3 Å². The molecule has 102 valence electrons. The number of amides is 1. The van der Waals surface area contributed by atoms with E-state index in [-0.39, 0.29) is 22.9 Å². The van der Waals surface area contributed by atoms with E-state index in [1.807, 2.05) is 13.8 Å². The van der Waals surface area contributed by atoms with E-state index >= 15 is 0 Å². The van der Waals surface area contributed by atoms with Gasteiger partial charge in [-0.3, -0.25) is 4.79 Å². The van der Waals surface area contributed by atoms with Crippen LogP contribution in [-0.2, 0) is 4.79 Å². The zero-order valence-electron chi connectivity index (χ0n) is 12.6. The summed E-state index contributed by atoms with van der Waals surface area (Å²) in [7, 11) is 0. The smallest absolute Gasteiger partial charge is 0.221 e. The van der Waals surface area contributed by atoms with Gasteiger partial charge in [0, 0.05) is 18.0 Å². The summed E-state index contributed by atoms with van der Waals surface area (Å²) in [6.45, 7) is 14.8. The zero-order valence-corrected chi connectivity index (χ0v) is 12.6. The summed E-state index contributed by atoms with van der Waals surface area (Å²) in [5.74, 6) is 0.395. The molecule has 0 aliphatic heterocycles.